The van der Waals surface area contributed by atoms with Crippen molar-refractivity contribution in [1.29, 1.82) is 0 Å². The summed E-state index contributed by atoms with van der Waals surface area (Å²) in [6.45, 7) is 7.15. The van der Waals surface area contributed by atoms with Crippen LogP contribution in [0.15, 0.2) is 12.3 Å². The molecule has 0 bridgehead atoms. The molecule has 1 spiro atoms. The first-order valence-electron chi connectivity index (χ1n) is 10.2. The Bertz CT molecular complexity index is 619. The molecule has 0 radical (unpaired) electrons. The van der Waals surface area contributed by atoms with E-state index in [1.54, 1.807) is 14.2 Å². The Labute approximate surface area is 157 Å². The maximum atomic E-state index is 5.57. The zero-order chi connectivity index (χ0) is 18.0. The van der Waals surface area contributed by atoms with Crippen LogP contribution in [0.2, 0.25) is 0 Å². The molecule has 144 valence electrons. The van der Waals surface area contributed by atoms with Crippen LogP contribution in [-0.2, 0) is 6.54 Å². The minimum absolute atomic E-state index is 0.494. The van der Waals surface area contributed by atoms with E-state index in [1.165, 1.54) is 71.2 Å². The summed E-state index contributed by atoms with van der Waals surface area (Å²) < 4.78 is 11.0. The highest BCUT2D eigenvalue weighted by Crippen LogP contribution is 2.41. The molecule has 0 aromatic carbocycles. The molecule has 3 heterocycles. The molecule has 5 heteroatoms. The van der Waals surface area contributed by atoms with Crippen LogP contribution in [-0.4, -0.2) is 61.7 Å². The zero-order valence-corrected chi connectivity index (χ0v) is 16.4. The first-order valence-corrected chi connectivity index (χ1v) is 10.2. The summed E-state index contributed by atoms with van der Waals surface area (Å²) in [4.78, 5) is 9.90. The van der Waals surface area contributed by atoms with Gasteiger partial charge in [0.1, 0.15) is 5.69 Å². The average Bonchev–Trinajstić information content (AvgIpc) is 2.99. The maximum absolute atomic E-state index is 5.57. The molecule has 1 atom stereocenters. The SMILES string of the molecule is COc1ccnc(CN2CCC3(CCCN(CC4CCC4)C3)C2)c1OC. The molecule has 2 saturated heterocycles. The third kappa shape index (κ3) is 3.70. The van der Waals surface area contributed by atoms with Crippen LogP contribution in [0, 0.1) is 11.3 Å². The van der Waals surface area contributed by atoms with Crippen molar-refractivity contribution in [2.75, 3.05) is 46.9 Å². The van der Waals surface area contributed by atoms with Crippen molar-refractivity contribution in [1.82, 2.24) is 14.8 Å². The number of rotatable bonds is 6. The van der Waals surface area contributed by atoms with Gasteiger partial charge in [0.15, 0.2) is 11.5 Å². The van der Waals surface area contributed by atoms with Gasteiger partial charge in [0.25, 0.3) is 0 Å². The summed E-state index contributed by atoms with van der Waals surface area (Å²) in [6.07, 6.45) is 10.2. The van der Waals surface area contributed by atoms with Gasteiger partial charge < -0.3 is 14.4 Å². The molecule has 1 aromatic heterocycles. The van der Waals surface area contributed by atoms with Gasteiger partial charge >= 0.3 is 0 Å². The molecule has 3 fully saturated rings. The summed E-state index contributed by atoms with van der Waals surface area (Å²) in [7, 11) is 3.39. The number of ether oxygens (including phenoxy) is 2. The van der Waals surface area contributed by atoms with Gasteiger partial charge in [-0.3, -0.25) is 9.88 Å². The van der Waals surface area contributed by atoms with Crippen molar-refractivity contribution in [2.24, 2.45) is 11.3 Å². The van der Waals surface area contributed by atoms with E-state index in [2.05, 4.69) is 14.8 Å². The van der Waals surface area contributed by atoms with Gasteiger partial charge in [0.2, 0.25) is 0 Å². The van der Waals surface area contributed by atoms with Crippen molar-refractivity contribution < 1.29 is 9.47 Å². The molecule has 1 saturated carbocycles. The van der Waals surface area contributed by atoms with Gasteiger partial charge in [-0.2, -0.15) is 0 Å². The van der Waals surface area contributed by atoms with Crippen molar-refractivity contribution in [3.05, 3.63) is 18.0 Å². The zero-order valence-electron chi connectivity index (χ0n) is 16.4. The number of piperidine rings is 1. The average molecular weight is 360 g/mol. The highest BCUT2D eigenvalue weighted by Gasteiger charge is 2.42. The lowest BCUT2D eigenvalue weighted by molar-refractivity contribution is 0.0667. The van der Waals surface area contributed by atoms with E-state index < -0.39 is 0 Å². The van der Waals surface area contributed by atoms with E-state index in [1.807, 2.05) is 12.3 Å². The second-order valence-electron chi connectivity index (χ2n) is 8.59. The monoisotopic (exact) mass is 359 g/mol. The normalized spacial score (nSPS) is 27.6. The van der Waals surface area contributed by atoms with E-state index in [4.69, 9.17) is 9.47 Å². The molecular weight excluding hydrogens is 326 g/mol. The van der Waals surface area contributed by atoms with Gasteiger partial charge in [-0.05, 0) is 56.5 Å². The molecule has 1 aliphatic carbocycles. The third-order valence-electron chi connectivity index (χ3n) is 6.74. The molecule has 0 N–H and O–H groups in total. The Morgan fingerprint density at radius 1 is 1.08 bits per heavy atom. The van der Waals surface area contributed by atoms with Crippen molar-refractivity contribution in [3.8, 4) is 11.5 Å². The fourth-order valence-corrected chi connectivity index (χ4v) is 5.18. The molecule has 2 aliphatic heterocycles. The van der Waals surface area contributed by atoms with Crippen LogP contribution < -0.4 is 9.47 Å². The lowest BCUT2D eigenvalue weighted by Crippen LogP contribution is -2.47. The lowest BCUT2D eigenvalue weighted by Gasteiger charge is -2.43. The van der Waals surface area contributed by atoms with Crippen molar-refractivity contribution in [2.45, 2.75) is 45.1 Å². The molecule has 1 unspecified atom stereocenters. The highest BCUT2D eigenvalue weighted by atomic mass is 16.5. The molecule has 26 heavy (non-hydrogen) atoms. The highest BCUT2D eigenvalue weighted by molar-refractivity contribution is 5.42. The van der Waals surface area contributed by atoms with Gasteiger partial charge in [0.05, 0.1) is 14.2 Å². The smallest absolute Gasteiger partial charge is 0.183 e. The Hall–Kier alpha value is -1.33. The van der Waals surface area contributed by atoms with E-state index in [0.717, 1.165) is 29.7 Å². The van der Waals surface area contributed by atoms with E-state index in [0.29, 0.717) is 5.41 Å². The van der Waals surface area contributed by atoms with Crippen molar-refractivity contribution in [3.63, 3.8) is 0 Å². The summed E-state index contributed by atoms with van der Waals surface area (Å²) in [6, 6.07) is 1.87. The number of methoxy groups -OCH3 is 2. The van der Waals surface area contributed by atoms with E-state index in [9.17, 15) is 0 Å². The summed E-state index contributed by atoms with van der Waals surface area (Å²) in [5.41, 5.74) is 1.49. The maximum Gasteiger partial charge on any atom is 0.183 e. The fraction of sp³-hybridized carbons (Fsp3) is 0.762. The number of aromatic nitrogens is 1. The molecule has 0 amide bonds. The number of hydrogen-bond acceptors (Lipinski definition) is 5. The van der Waals surface area contributed by atoms with E-state index in [-0.39, 0.29) is 0 Å². The standard InChI is InChI=1S/C21H33N3O2/c1-25-19-7-10-22-18(20(19)26-2)14-24-12-9-21(16-24)8-4-11-23(15-21)13-17-5-3-6-17/h7,10,17H,3-6,8-9,11-16H2,1-2H3. The van der Waals surface area contributed by atoms with Gasteiger partial charge in [0, 0.05) is 38.4 Å². The van der Waals surface area contributed by atoms with Crippen LogP contribution in [0.25, 0.3) is 0 Å². The largest absolute Gasteiger partial charge is 0.493 e. The quantitative estimate of drug-likeness (QED) is 0.780. The Morgan fingerprint density at radius 3 is 2.65 bits per heavy atom. The van der Waals surface area contributed by atoms with Crippen LogP contribution in [0.4, 0.5) is 0 Å². The van der Waals surface area contributed by atoms with Crippen LogP contribution in [0.1, 0.15) is 44.2 Å². The van der Waals surface area contributed by atoms with Crippen LogP contribution in [0.3, 0.4) is 0 Å². The minimum atomic E-state index is 0.494. The van der Waals surface area contributed by atoms with Gasteiger partial charge in [-0.15, -0.1) is 0 Å². The first-order chi connectivity index (χ1) is 12.7. The Balaban J connectivity index is 1.39. The van der Waals surface area contributed by atoms with E-state index >= 15 is 0 Å². The number of likely N-dealkylation sites (tertiary alicyclic amines) is 2. The Kier molecular flexibility index (Phi) is 5.37. The second kappa shape index (κ2) is 7.73. The first kappa shape index (κ1) is 18.1. The number of nitrogens with zero attached hydrogens (tertiary/aromatic N) is 3. The van der Waals surface area contributed by atoms with Crippen LogP contribution in [0.5, 0.6) is 11.5 Å². The lowest BCUT2D eigenvalue weighted by atomic mass is 9.78. The molecule has 1 aromatic rings. The third-order valence-corrected chi connectivity index (χ3v) is 6.74. The summed E-state index contributed by atoms with van der Waals surface area (Å²) in [5.74, 6) is 2.54. The van der Waals surface area contributed by atoms with Crippen molar-refractivity contribution >= 4 is 0 Å². The van der Waals surface area contributed by atoms with Gasteiger partial charge in [-0.25, -0.2) is 0 Å². The second-order valence-corrected chi connectivity index (χ2v) is 8.59. The molecular formula is C21H33N3O2. The molecule has 3 aliphatic rings. The summed E-state index contributed by atoms with van der Waals surface area (Å²) >= 11 is 0. The predicted octanol–water partition coefficient (Wildman–Crippen LogP) is 3.19. The van der Waals surface area contributed by atoms with Gasteiger partial charge in [-0.1, -0.05) is 6.42 Å². The minimum Gasteiger partial charge on any atom is -0.493 e. The topological polar surface area (TPSA) is 37.8 Å². The molecule has 5 nitrogen and oxygen atoms in total. The number of pyridine rings is 1. The fourth-order valence-electron chi connectivity index (χ4n) is 5.18. The van der Waals surface area contributed by atoms with Crippen LogP contribution >= 0.6 is 0 Å². The molecule has 4 rings (SSSR count). The summed E-state index contributed by atoms with van der Waals surface area (Å²) in [5, 5.41) is 0. The number of hydrogen-bond donors (Lipinski definition) is 0. The Morgan fingerprint density at radius 2 is 1.92 bits per heavy atom. The predicted molar refractivity (Wildman–Crippen MR) is 103 cm³/mol.